The summed E-state index contributed by atoms with van der Waals surface area (Å²) >= 11 is 0. The quantitative estimate of drug-likeness (QED) is 0.117. The molecule has 3 heterocycles. The Kier molecular flexibility index (Phi) is 28.1. The molecule has 19 nitrogen and oxygen atoms in total. The molecule has 0 spiro atoms. The van der Waals surface area contributed by atoms with E-state index >= 15 is 0 Å². The molecule has 0 radical (unpaired) electrons. The Bertz CT molecular complexity index is 2200. The molecule has 19 atom stereocenters. The second kappa shape index (κ2) is 33.3. The van der Waals surface area contributed by atoms with Crippen LogP contribution < -0.4 is 11.1 Å². The molecular weight excluding hydrogens is 1010 g/mol. The van der Waals surface area contributed by atoms with Crippen LogP contribution in [0.1, 0.15) is 115 Å². The SMILES string of the molecule is CNc1ccc(C(=O)CC(O)CC[C@H](C)[C@H]2OC(=O)C[C@H](O)CC(=O)C[C@H](O)C[C@H](O)C[C@H](O)C[C@H](O)C[C@]3(O)C[C@H](O)[C@@H](C)[C@H](C[C@@H](O[C@@H]4O[C@H](C)[C@@H](N)[C@H](O)[C@@H]4O)/C=C/C=C/C=C/C=C/C=C\C=C\C=C\[C@@H]2C)O3)cc1. The smallest absolute Gasteiger partial charge is 0.308 e. The van der Waals surface area contributed by atoms with Crippen LogP contribution >= 0.6 is 0 Å². The Labute approximate surface area is 459 Å². The summed E-state index contributed by atoms with van der Waals surface area (Å²) in [6.45, 7) is 7.09. The van der Waals surface area contributed by atoms with Crippen molar-refractivity contribution in [2.45, 2.75) is 202 Å². The number of carbonyl (C=O) groups excluding carboxylic acids is 3. The molecule has 78 heavy (non-hydrogen) atoms. The van der Waals surface area contributed by atoms with Crippen molar-refractivity contribution < 1.29 is 84.4 Å². The lowest BCUT2D eigenvalue weighted by Crippen LogP contribution is -2.61. The summed E-state index contributed by atoms with van der Waals surface area (Å²) in [5, 5.41) is 112. The molecule has 3 aliphatic heterocycles. The third kappa shape index (κ3) is 22.9. The molecule has 2 fully saturated rings. The molecule has 19 heteroatoms. The Balaban J connectivity index is 1.51. The number of aliphatic hydroxyl groups is 10. The van der Waals surface area contributed by atoms with E-state index in [1.807, 2.05) is 50.3 Å². The average molecular weight is 1100 g/mol. The van der Waals surface area contributed by atoms with Crippen LogP contribution in [0.5, 0.6) is 0 Å². The molecule has 436 valence electrons. The van der Waals surface area contributed by atoms with E-state index in [0.29, 0.717) is 12.0 Å². The van der Waals surface area contributed by atoms with Gasteiger partial charge in [0.05, 0.1) is 73.5 Å². The fraction of sp³-hybridized carbons (Fsp3) is 0.610. The van der Waals surface area contributed by atoms with Crippen LogP contribution in [0.15, 0.2) is 109 Å². The number of aliphatic hydroxyl groups excluding tert-OH is 9. The number of fused-ring (bicyclic) bond motifs is 2. The van der Waals surface area contributed by atoms with E-state index in [9.17, 15) is 65.4 Å². The lowest BCUT2D eigenvalue weighted by molar-refractivity contribution is -0.309. The van der Waals surface area contributed by atoms with Gasteiger partial charge in [-0.1, -0.05) is 106 Å². The highest BCUT2D eigenvalue weighted by molar-refractivity contribution is 5.96. The summed E-state index contributed by atoms with van der Waals surface area (Å²) < 4.78 is 24.1. The number of nitrogens with one attached hydrogen (secondary N) is 1. The van der Waals surface area contributed by atoms with E-state index in [1.165, 1.54) is 0 Å². The van der Waals surface area contributed by atoms with E-state index in [-0.39, 0.29) is 62.6 Å². The van der Waals surface area contributed by atoms with Crippen LogP contribution in [0.4, 0.5) is 5.69 Å². The molecule has 0 aliphatic carbocycles. The minimum Gasteiger partial charge on any atom is -0.461 e. The molecule has 1 aromatic carbocycles. The van der Waals surface area contributed by atoms with Crippen molar-refractivity contribution in [3.63, 3.8) is 0 Å². The van der Waals surface area contributed by atoms with Crippen LogP contribution in [0, 0.1) is 17.8 Å². The molecule has 13 N–H and O–H groups in total. The molecule has 0 aromatic heterocycles. The molecule has 4 rings (SSSR count). The first-order valence-corrected chi connectivity index (χ1v) is 27.3. The van der Waals surface area contributed by atoms with E-state index < -0.39 is 141 Å². The number of hydrogen-bond donors (Lipinski definition) is 12. The van der Waals surface area contributed by atoms with Crippen LogP contribution in [-0.2, 0) is 28.5 Å². The van der Waals surface area contributed by atoms with Gasteiger partial charge in [0.1, 0.15) is 24.1 Å². The number of esters is 1. The van der Waals surface area contributed by atoms with Gasteiger partial charge >= 0.3 is 5.97 Å². The number of Topliss-reactive ketones (excluding diaryl/α,β-unsaturated/α-hetero) is 2. The fourth-order valence-electron chi connectivity index (χ4n) is 9.87. The Morgan fingerprint density at radius 3 is 1.87 bits per heavy atom. The van der Waals surface area contributed by atoms with Gasteiger partial charge in [0.25, 0.3) is 0 Å². The number of allylic oxidation sites excluding steroid dienone is 12. The summed E-state index contributed by atoms with van der Waals surface area (Å²) in [6.07, 6.45) is 6.18. The molecule has 3 aliphatic rings. The zero-order chi connectivity index (χ0) is 57.5. The predicted octanol–water partition coefficient (Wildman–Crippen LogP) is 3.68. The number of benzene rings is 1. The van der Waals surface area contributed by atoms with Gasteiger partial charge in [0, 0.05) is 68.7 Å². The lowest BCUT2D eigenvalue weighted by atomic mass is 9.84. The number of hydrogen-bond acceptors (Lipinski definition) is 19. The van der Waals surface area contributed by atoms with Crippen molar-refractivity contribution in [1.82, 2.24) is 0 Å². The zero-order valence-electron chi connectivity index (χ0n) is 45.7. The number of anilines is 1. The highest BCUT2D eigenvalue weighted by Crippen LogP contribution is 2.38. The number of cyclic esters (lactones) is 1. The Hall–Kier alpha value is -4.55. The summed E-state index contributed by atoms with van der Waals surface area (Å²) in [5.41, 5.74) is 7.33. The van der Waals surface area contributed by atoms with E-state index in [0.717, 1.165) is 5.69 Å². The van der Waals surface area contributed by atoms with Crippen molar-refractivity contribution in [3.05, 3.63) is 115 Å². The molecule has 0 saturated carbocycles. The minimum absolute atomic E-state index is 0.0224. The Morgan fingerprint density at radius 2 is 1.27 bits per heavy atom. The van der Waals surface area contributed by atoms with Gasteiger partial charge in [-0.3, -0.25) is 14.4 Å². The van der Waals surface area contributed by atoms with Gasteiger partial charge in [-0.05, 0) is 69.2 Å². The first kappa shape index (κ1) is 66.0. The maximum atomic E-state index is 13.3. The zero-order valence-corrected chi connectivity index (χ0v) is 45.7. The lowest BCUT2D eigenvalue weighted by Gasteiger charge is -2.45. The third-order valence-corrected chi connectivity index (χ3v) is 14.5. The molecule has 2 bridgehead atoms. The van der Waals surface area contributed by atoms with Gasteiger partial charge in [-0.2, -0.15) is 0 Å². The first-order chi connectivity index (χ1) is 37.0. The third-order valence-electron chi connectivity index (χ3n) is 14.5. The van der Waals surface area contributed by atoms with Crippen LogP contribution in [0.3, 0.4) is 0 Å². The number of ketones is 2. The highest BCUT2D eigenvalue weighted by Gasteiger charge is 2.47. The van der Waals surface area contributed by atoms with Crippen molar-refractivity contribution in [1.29, 1.82) is 0 Å². The number of nitrogens with two attached hydrogens (primary N) is 1. The van der Waals surface area contributed by atoms with Gasteiger partial charge in [0.15, 0.2) is 17.9 Å². The topological polar surface area (TPSA) is 328 Å². The monoisotopic (exact) mass is 1100 g/mol. The normalized spacial score (nSPS) is 38.8. The van der Waals surface area contributed by atoms with Crippen molar-refractivity contribution in [3.8, 4) is 0 Å². The van der Waals surface area contributed by atoms with Gasteiger partial charge in [-0.15, -0.1) is 0 Å². The van der Waals surface area contributed by atoms with Crippen molar-refractivity contribution >= 4 is 23.2 Å². The molecule has 1 aromatic rings. The number of carbonyl (C=O) groups is 3. The summed E-state index contributed by atoms with van der Waals surface area (Å²) in [7, 11) is 1.77. The van der Waals surface area contributed by atoms with E-state index in [2.05, 4.69) is 5.32 Å². The highest BCUT2D eigenvalue weighted by atomic mass is 16.7. The second-order valence-corrected chi connectivity index (χ2v) is 21.4. The largest absolute Gasteiger partial charge is 0.461 e. The number of ether oxygens (including phenoxy) is 4. The van der Waals surface area contributed by atoms with Gasteiger partial charge in [-0.25, -0.2) is 0 Å². The van der Waals surface area contributed by atoms with Crippen molar-refractivity contribution in [2.24, 2.45) is 23.5 Å². The fourth-order valence-corrected chi connectivity index (χ4v) is 9.87. The van der Waals surface area contributed by atoms with Crippen LogP contribution in [0.2, 0.25) is 0 Å². The van der Waals surface area contributed by atoms with Gasteiger partial charge in [0.2, 0.25) is 0 Å². The minimum atomic E-state index is -2.07. The van der Waals surface area contributed by atoms with Gasteiger partial charge < -0.3 is 81.1 Å². The number of rotatable bonds is 10. The molecule has 0 amide bonds. The van der Waals surface area contributed by atoms with E-state index in [1.54, 1.807) is 93.8 Å². The van der Waals surface area contributed by atoms with E-state index in [4.69, 9.17) is 24.7 Å². The molecular formula is C59H88N2O17. The van der Waals surface area contributed by atoms with Crippen LogP contribution in [0.25, 0.3) is 0 Å². The standard InChI is InChI=1S/C59H88N2O17/c1-36-18-16-14-12-10-8-6-7-9-11-13-15-17-19-49(76-58-56(73)55(72)54(60)39(4)75-58)33-52-38(3)51(70)35-59(74,78-52)34-48(68)30-46(66)28-44(64)26-43(63)27-45(65)29-47(67)32-53(71)77-57(36)37(2)20-25-42(62)31-50(69)40-21-23-41(61-5)24-22-40/h6-19,21-24,36-39,42-44,46-49,51-52,54-58,61-64,66-68,70,72-74H,20,25-35,60H2,1-5H3/b7-6+,10-8-,11-9+,14-12+,15-13+,18-16+,19-17+/t36-,37-,38+,39+,42?,43+,44-,46-,47+,48-,49-,51-,52-,54+,55-,56-,57-,58-,59+/m0/s1. The Morgan fingerprint density at radius 1 is 0.718 bits per heavy atom. The summed E-state index contributed by atoms with van der Waals surface area (Å²) in [4.78, 5) is 39.2. The molecule has 1 unspecified atom stereocenters. The maximum absolute atomic E-state index is 13.3. The summed E-state index contributed by atoms with van der Waals surface area (Å²) in [5.74, 6) is -4.84. The van der Waals surface area contributed by atoms with Crippen LogP contribution in [-0.4, -0.2) is 173 Å². The predicted molar refractivity (Wildman–Crippen MR) is 293 cm³/mol. The van der Waals surface area contributed by atoms with Crippen molar-refractivity contribution in [2.75, 3.05) is 12.4 Å². The molecule has 2 saturated heterocycles. The maximum Gasteiger partial charge on any atom is 0.308 e. The second-order valence-electron chi connectivity index (χ2n) is 21.4. The average Bonchev–Trinajstić information content (AvgIpc) is 3.38. The summed E-state index contributed by atoms with van der Waals surface area (Å²) in [6, 6.07) is 6.07. The first-order valence-electron chi connectivity index (χ1n) is 27.3.